The molecule has 144 valence electrons. The predicted molar refractivity (Wildman–Crippen MR) is 110 cm³/mol. The molecule has 5 nitrogen and oxygen atoms in total. The van der Waals surface area contributed by atoms with Gasteiger partial charge in [0.2, 0.25) is 16.8 Å². The van der Waals surface area contributed by atoms with E-state index in [2.05, 4.69) is 32.9 Å². The van der Waals surface area contributed by atoms with Gasteiger partial charge in [-0.1, -0.05) is 30.3 Å². The number of aromatic nitrogens is 3. The Morgan fingerprint density at radius 1 is 1.11 bits per heavy atom. The summed E-state index contributed by atoms with van der Waals surface area (Å²) in [5.41, 5.74) is 2.35. The monoisotopic (exact) mass is 392 g/mol. The van der Waals surface area contributed by atoms with Gasteiger partial charge in [-0.3, -0.25) is 10.1 Å². The van der Waals surface area contributed by atoms with Crippen LogP contribution in [-0.4, -0.2) is 20.5 Å². The van der Waals surface area contributed by atoms with Gasteiger partial charge in [-0.25, -0.2) is 4.52 Å². The maximum Gasteiger partial charge on any atom is 0.250 e. The molecule has 0 unspecified atom stereocenters. The lowest BCUT2D eigenvalue weighted by Gasteiger charge is -2.56. The standard InChI is InChI=1S/C22H24N4OS/c27-19(12-22-9-14-6-15(10-22)8-16(7-14)11-22)23-20-24-21-26(25-20)18(13-28-21)17-4-2-1-3-5-17/h1-5,13-16H,6-12H2,(H,23,25,27). The van der Waals surface area contributed by atoms with Crippen LogP contribution in [0.25, 0.3) is 16.2 Å². The average molecular weight is 393 g/mol. The highest BCUT2D eigenvalue weighted by molar-refractivity contribution is 7.15. The summed E-state index contributed by atoms with van der Waals surface area (Å²) in [4.78, 5) is 18.2. The summed E-state index contributed by atoms with van der Waals surface area (Å²) in [5, 5.41) is 9.62. The van der Waals surface area contributed by atoms with E-state index in [-0.39, 0.29) is 11.3 Å². The highest BCUT2D eigenvalue weighted by Crippen LogP contribution is 2.61. The van der Waals surface area contributed by atoms with E-state index >= 15 is 0 Å². The van der Waals surface area contributed by atoms with Crippen molar-refractivity contribution in [3.8, 4) is 11.3 Å². The summed E-state index contributed by atoms with van der Waals surface area (Å²) in [6, 6.07) is 10.2. The van der Waals surface area contributed by atoms with Crippen LogP contribution >= 0.6 is 11.3 Å². The van der Waals surface area contributed by atoms with E-state index in [9.17, 15) is 4.79 Å². The molecule has 4 saturated carbocycles. The first-order valence-corrected chi connectivity index (χ1v) is 11.2. The van der Waals surface area contributed by atoms with Crippen molar-refractivity contribution in [3.63, 3.8) is 0 Å². The largest absolute Gasteiger partial charge is 0.293 e. The number of benzene rings is 1. The third-order valence-electron chi connectivity index (χ3n) is 7.10. The number of amides is 1. The van der Waals surface area contributed by atoms with Gasteiger partial charge in [-0.2, -0.15) is 4.98 Å². The summed E-state index contributed by atoms with van der Waals surface area (Å²) in [6.07, 6.45) is 8.59. The zero-order valence-electron chi connectivity index (χ0n) is 15.8. The Bertz CT molecular complexity index is 1000. The molecule has 1 amide bonds. The number of thiazole rings is 1. The SMILES string of the molecule is O=C(CC12CC3CC(CC(C3)C1)C2)Nc1nc2scc(-c3ccccc3)n2n1. The Labute approximate surface area is 168 Å². The van der Waals surface area contributed by atoms with Crippen LogP contribution in [0.5, 0.6) is 0 Å². The normalized spacial score (nSPS) is 30.8. The smallest absolute Gasteiger partial charge is 0.250 e. The van der Waals surface area contributed by atoms with Gasteiger partial charge in [-0.15, -0.1) is 16.4 Å². The summed E-state index contributed by atoms with van der Waals surface area (Å²) >= 11 is 1.55. The number of anilines is 1. The molecule has 4 bridgehead atoms. The number of rotatable bonds is 4. The number of hydrogen-bond donors (Lipinski definition) is 1. The van der Waals surface area contributed by atoms with Gasteiger partial charge in [0.1, 0.15) is 0 Å². The predicted octanol–water partition coefficient (Wildman–Crippen LogP) is 5.00. The minimum Gasteiger partial charge on any atom is -0.293 e. The molecule has 4 aliphatic rings. The van der Waals surface area contributed by atoms with Crippen LogP contribution in [0.3, 0.4) is 0 Å². The highest BCUT2D eigenvalue weighted by Gasteiger charge is 2.51. The molecule has 3 aromatic rings. The molecule has 1 aromatic carbocycles. The third-order valence-corrected chi connectivity index (χ3v) is 7.92. The van der Waals surface area contributed by atoms with Crippen molar-refractivity contribution >= 4 is 28.2 Å². The number of nitrogens with one attached hydrogen (secondary N) is 1. The van der Waals surface area contributed by atoms with E-state index in [1.54, 1.807) is 11.3 Å². The summed E-state index contributed by atoms with van der Waals surface area (Å²) in [7, 11) is 0. The molecule has 0 radical (unpaired) electrons. The maximum absolute atomic E-state index is 12.9. The second-order valence-corrected chi connectivity index (χ2v) is 10.1. The molecular formula is C22H24N4OS. The molecule has 0 spiro atoms. The molecule has 2 heterocycles. The fraction of sp³-hybridized carbons (Fsp3) is 0.500. The highest BCUT2D eigenvalue weighted by atomic mass is 32.1. The van der Waals surface area contributed by atoms with Gasteiger partial charge >= 0.3 is 0 Å². The second-order valence-electron chi connectivity index (χ2n) is 9.26. The Kier molecular flexibility index (Phi) is 3.67. The number of carbonyl (C=O) groups excluding carboxylic acids is 1. The Morgan fingerprint density at radius 3 is 2.46 bits per heavy atom. The zero-order chi connectivity index (χ0) is 18.7. The van der Waals surface area contributed by atoms with Crippen LogP contribution in [0.2, 0.25) is 0 Å². The summed E-state index contributed by atoms with van der Waals surface area (Å²) in [5.74, 6) is 3.11. The molecular weight excluding hydrogens is 368 g/mol. The molecule has 4 aliphatic carbocycles. The Balaban J connectivity index is 1.21. The number of nitrogens with zero attached hydrogens (tertiary/aromatic N) is 3. The fourth-order valence-electron chi connectivity index (χ4n) is 6.56. The average Bonchev–Trinajstić information content (AvgIpc) is 3.20. The van der Waals surface area contributed by atoms with Crippen LogP contribution in [0.4, 0.5) is 5.95 Å². The topological polar surface area (TPSA) is 59.3 Å². The van der Waals surface area contributed by atoms with E-state index in [1.165, 1.54) is 38.5 Å². The molecule has 7 rings (SSSR count). The van der Waals surface area contributed by atoms with E-state index in [1.807, 2.05) is 22.7 Å². The first kappa shape index (κ1) is 16.7. The van der Waals surface area contributed by atoms with E-state index in [0.29, 0.717) is 12.4 Å². The first-order chi connectivity index (χ1) is 13.7. The molecule has 0 atom stereocenters. The molecule has 4 fully saturated rings. The molecule has 6 heteroatoms. The van der Waals surface area contributed by atoms with Crippen molar-refractivity contribution in [2.24, 2.45) is 23.2 Å². The third kappa shape index (κ3) is 2.77. The van der Waals surface area contributed by atoms with Gasteiger partial charge in [0.15, 0.2) is 0 Å². The van der Waals surface area contributed by atoms with Crippen molar-refractivity contribution in [1.82, 2.24) is 14.6 Å². The van der Waals surface area contributed by atoms with Crippen LogP contribution in [0.15, 0.2) is 35.7 Å². The fourth-order valence-corrected chi connectivity index (χ4v) is 7.39. The first-order valence-electron chi connectivity index (χ1n) is 10.4. The van der Waals surface area contributed by atoms with Crippen LogP contribution in [0.1, 0.15) is 44.9 Å². The Morgan fingerprint density at radius 2 is 1.79 bits per heavy atom. The lowest BCUT2D eigenvalue weighted by atomic mass is 9.49. The van der Waals surface area contributed by atoms with Crippen molar-refractivity contribution in [3.05, 3.63) is 35.7 Å². The molecule has 2 aromatic heterocycles. The molecule has 1 N–H and O–H groups in total. The minimum absolute atomic E-state index is 0.0847. The van der Waals surface area contributed by atoms with E-state index in [0.717, 1.165) is 34.0 Å². The number of hydrogen-bond acceptors (Lipinski definition) is 4. The number of carbonyl (C=O) groups is 1. The van der Waals surface area contributed by atoms with E-state index in [4.69, 9.17) is 0 Å². The maximum atomic E-state index is 12.9. The molecule has 28 heavy (non-hydrogen) atoms. The summed E-state index contributed by atoms with van der Waals surface area (Å²) in [6.45, 7) is 0. The van der Waals surface area contributed by atoms with Gasteiger partial charge < -0.3 is 0 Å². The summed E-state index contributed by atoms with van der Waals surface area (Å²) < 4.78 is 1.83. The van der Waals surface area contributed by atoms with Crippen LogP contribution < -0.4 is 5.32 Å². The minimum atomic E-state index is 0.0847. The lowest BCUT2D eigenvalue weighted by Crippen LogP contribution is -2.47. The van der Waals surface area contributed by atoms with E-state index < -0.39 is 0 Å². The van der Waals surface area contributed by atoms with Gasteiger partial charge in [0, 0.05) is 17.4 Å². The van der Waals surface area contributed by atoms with Gasteiger partial charge in [-0.05, 0) is 61.7 Å². The van der Waals surface area contributed by atoms with Crippen LogP contribution in [0, 0.1) is 23.2 Å². The van der Waals surface area contributed by atoms with Gasteiger partial charge in [0.25, 0.3) is 0 Å². The second kappa shape index (κ2) is 6.14. The van der Waals surface area contributed by atoms with Crippen molar-refractivity contribution in [1.29, 1.82) is 0 Å². The zero-order valence-corrected chi connectivity index (χ0v) is 16.6. The Hall–Kier alpha value is -2.21. The molecule has 0 aliphatic heterocycles. The number of fused-ring (bicyclic) bond motifs is 1. The lowest BCUT2D eigenvalue weighted by molar-refractivity contribution is -0.124. The van der Waals surface area contributed by atoms with Gasteiger partial charge in [0.05, 0.1) is 5.69 Å². The molecule has 0 saturated heterocycles. The van der Waals surface area contributed by atoms with Crippen molar-refractivity contribution < 1.29 is 4.79 Å². The van der Waals surface area contributed by atoms with Crippen molar-refractivity contribution in [2.45, 2.75) is 44.9 Å². The van der Waals surface area contributed by atoms with Crippen LogP contribution in [-0.2, 0) is 4.79 Å². The quantitative estimate of drug-likeness (QED) is 0.679. The van der Waals surface area contributed by atoms with Crippen molar-refractivity contribution in [2.75, 3.05) is 5.32 Å².